The van der Waals surface area contributed by atoms with Crippen LogP contribution in [0.5, 0.6) is 5.88 Å². The number of aromatic nitrogens is 5. The van der Waals surface area contributed by atoms with Crippen LogP contribution in [-0.2, 0) is 24.9 Å². The Morgan fingerprint density at radius 2 is 2.06 bits per heavy atom. The first-order valence-corrected chi connectivity index (χ1v) is 10.4. The van der Waals surface area contributed by atoms with Gasteiger partial charge >= 0.3 is 0 Å². The quantitative estimate of drug-likeness (QED) is 0.402. The molecule has 3 aromatic heterocycles. The van der Waals surface area contributed by atoms with Crippen LogP contribution < -0.4 is 20.9 Å². The fraction of sp³-hybridized carbons (Fsp3) is 0.217. The van der Waals surface area contributed by atoms with Crippen LogP contribution in [-0.4, -0.2) is 36.9 Å². The Kier molecular flexibility index (Phi) is 5.99. The van der Waals surface area contributed by atoms with Crippen LogP contribution >= 0.6 is 0 Å². The summed E-state index contributed by atoms with van der Waals surface area (Å²) >= 11 is 0. The van der Waals surface area contributed by atoms with Crippen LogP contribution in [0.4, 0.5) is 17.1 Å². The molecule has 33 heavy (non-hydrogen) atoms. The van der Waals surface area contributed by atoms with E-state index >= 15 is 0 Å². The maximum absolute atomic E-state index is 13.4. The lowest BCUT2D eigenvalue weighted by molar-refractivity contribution is -0.111. The molecule has 10 heteroatoms. The van der Waals surface area contributed by atoms with Crippen molar-refractivity contribution in [1.82, 2.24) is 23.9 Å². The van der Waals surface area contributed by atoms with Crippen LogP contribution in [0.15, 0.2) is 60.4 Å². The van der Waals surface area contributed by atoms with E-state index in [0.29, 0.717) is 47.1 Å². The van der Waals surface area contributed by atoms with Crippen molar-refractivity contribution in [2.45, 2.75) is 20.0 Å². The largest absolute Gasteiger partial charge is 0.478 e. The summed E-state index contributed by atoms with van der Waals surface area (Å²) in [5.41, 5.74) is 3.70. The van der Waals surface area contributed by atoms with Gasteiger partial charge in [0, 0.05) is 25.5 Å². The number of pyridine rings is 1. The van der Waals surface area contributed by atoms with Gasteiger partial charge in [-0.1, -0.05) is 18.7 Å². The van der Waals surface area contributed by atoms with Gasteiger partial charge in [-0.3, -0.25) is 14.3 Å². The Bertz CT molecular complexity index is 1400. The van der Waals surface area contributed by atoms with Gasteiger partial charge in [-0.2, -0.15) is 0 Å². The van der Waals surface area contributed by atoms with Crippen LogP contribution in [0.25, 0.3) is 11.0 Å². The van der Waals surface area contributed by atoms with E-state index in [1.54, 1.807) is 48.2 Å². The predicted octanol–water partition coefficient (Wildman–Crippen LogP) is 2.88. The zero-order valence-electron chi connectivity index (χ0n) is 18.7. The molecule has 4 rings (SSSR count). The Morgan fingerprint density at radius 3 is 2.79 bits per heavy atom. The first-order chi connectivity index (χ1) is 15.9. The number of rotatable bonds is 8. The van der Waals surface area contributed by atoms with Crippen molar-refractivity contribution in [3.8, 4) is 5.88 Å². The van der Waals surface area contributed by atoms with E-state index in [1.165, 1.54) is 6.08 Å². The highest BCUT2D eigenvalue weighted by atomic mass is 16.5. The van der Waals surface area contributed by atoms with E-state index in [4.69, 9.17) is 4.74 Å². The molecule has 0 aliphatic heterocycles. The van der Waals surface area contributed by atoms with Crippen molar-refractivity contribution in [2.75, 3.05) is 17.7 Å². The van der Waals surface area contributed by atoms with Crippen LogP contribution in [0.3, 0.4) is 0 Å². The van der Waals surface area contributed by atoms with Gasteiger partial charge in [0.25, 0.3) is 11.4 Å². The zero-order chi connectivity index (χ0) is 23.5. The van der Waals surface area contributed by atoms with Gasteiger partial charge in [0.05, 0.1) is 31.9 Å². The zero-order valence-corrected chi connectivity index (χ0v) is 18.7. The summed E-state index contributed by atoms with van der Waals surface area (Å²) in [6.07, 6.45) is 6.40. The van der Waals surface area contributed by atoms with Gasteiger partial charge < -0.3 is 24.5 Å². The lowest BCUT2D eigenvalue weighted by atomic mass is 10.2. The molecule has 0 aliphatic rings. The highest BCUT2D eigenvalue weighted by Crippen LogP contribution is 2.29. The molecule has 0 spiro atoms. The molecule has 0 unspecified atom stereocenters. The van der Waals surface area contributed by atoms with Gasteiger partial charge in [0.1, 0.15) is 16.7 Å². The molecule has 0 atom stereocenters. The second-order valence-electron chi connectivity index (χ2n) is 7.45. The normalized spacial score (nSPS) is 10.9. The van der Waals surface area contributed by atoms with E-state index in [0.717, 1.165) is 5.56 Å². The molecule has 0 saturated heterocycles. The summed E-state index contributed by atoms with van der Waals surface area (Å²) < 4.78 is 10.4. The van der Waals surface area contributed by atoms with Crippen molar-refractivity contribution >= 4 is 34.0 Å². The molecular formula is C23H25N7O3. The number of carbonyl (C=O) groups excluding carboxylic acids is 1. The molecule has 0 fully saturated rings. The molecule has 0 bridgehead atoms. The Balaban J connectivity index is 1.78. The number of methoxy groups -OCH3 is 1. The summed E-state index contributed by atoms with van der Waals surface area (Å²) in [4.78, 5) is 29.5. The van der Waals surface area contributed by atoms with Gasteiger partial charge in [-0.25, -0.2) is 4.98 Å². The summed E-state index contributed by atoms with van der Waals surface area (Å²) in [7, 11) is 3.35. The smallest absolute Gasteiger partial charge is 0.277 e. The minimum atomic E-state index is -0.297. The number of hydrogen-bond donors (Lipinski definition) is 2. The summed E-state index contributed by atoms with van der Waals surface area (Å²) in [5.74, 6) is 0.137. The number of hydrogen-bond acceptors (Lipinski definition) is 6. The maximum Gasteiger partial charge on any atom is 0.277 e. The SMILES string of the molecule is C=CC(=O)Nc1cccc(Cn2cc(Nc3cn(C)nc3OC)c3ncn(CC)c3c2=O)c1. The molecule has 0 radical (unpaired) electrons. The Hall–Kier alpha value is -4.34. The average Bonchev–Trinajstić information content (AvgIpc) is 3.40. The molecule has 10 nitrogen and oxygen atoms in total. The van der Waals surface area contributed by atoms with Gasteiger partial charge in [-0.05, 0) is 30.7 Å². The Morgan fingerprint density at radius 1 is 1.24 bits per heavy atom. The number of anilines is 3. The van der Waals surface area contributed by atoms with E-state index in [9.17, 15) is 9.59 Å². The van der Waals surface area contributed by atoms with E-state index in [-0.39, 0.29) is 11.5 Å². The predicted molar refractivity (Wildman–Crippen MR) is 127 cm³/mol. The van der Waals surface area contributed by atoms with Gasteiger partial charge in [0.15, 0.2) is 0 Å². The monoisotopic (exact) mass is 447 g/mol. The number of benzene rings is 1. The molecule has 2 N–H and O–H groups in total. The van der Waals surface area contributed by atoms with E-state index < -0.39 is 0 Å². The molecule has 4 aromatic rings. The van der Waals surface area contributed by atoms with Crippen molar-refractivity contribution in [2.24, 2.45) is 7.05 Å². The number of amides is 1. The number of imidazole rings is 1. The second-order valence-corrected chi connectivity index (χ2v) is 7.45. The van der Waals surface area contributed by atoms with Crippen LogP contribution in [0.2, 0.25) is 0 Å². The minimum absolute atomic E-state index is 0.159. The Labute approximate surface area is 190 Å². The fourth-order valence-corrected chi connectivity index (χ4v) is 3.65. The molecule has 0 aliphatic carbocycles. The average molecular weight is 447 g/mol. The summed E-state index contributed by atoms with van der Waals surface area (Å²) in [6, 6.07) is 7.33. The maximum atomic E-state index is 13.4. The van der Waals surface area contributed by atoms with Gasteiger partial charge in [-0.15, -0.1) is 5.10 Å². The first-order valence-electron chi connectivity index (χ1n) is 10.4. The molecule has 0 saturated carbocycles. The number of nitrogens with zero attached hydrogens (tertiary/aromatic N) is 5. The highest BCUT2D eigenvalue weighted by Gasteiger charge is 2.17. The summed E-state index contributed by atoms with van der Waals surface area (Å²) in [6.45, 7) is 6.34. The van der Waals surface area contributed by atoms with Crippen LogP contribution in [0.1, 0.15) is 12.5 Å². The molecule has 1 aromatic carbocycles. The lowest BCUT2D eigenvalue weighted by Crippen LogP contribution is -2.23. The lowest BCUT2D eigenvalue weighted by Gasteiger charge is -2.13. The molecule has 3 heterocycles. The third-order valence-electron chi connectivity index (χ3n) is 5.17. The molecular weight excluding hydrogens is 422 g/mol. The minimum Gasteiger partial charge on any atom is -0.478 e. The third kappa shape index (κ3) is 4.36. The topological polar surface area (TPSA) is 108 Å². The van der Waals surface area contributed by atoms with Crippen molar-refractivity contribution in [3.05, 3.63) is 71.6 Å². The van der Waals surface area contributed by atoms with Crippen LogP contribution in [0, 0.1) is 0 Å². The number of ether oxygens (including phenoxy) is 1. The molecule has 1 amide bonds. The van der Waals surface area contributed by atoms with Gasteiger partial charge in [0.2, 0.25) is 5.91 Å². The van der Waals surface area contributed by atoms with E-state index in [2.05, 4.69) is 27.3 Å². The second kappa shape index (κ2) is 9.03. The number of nitrogens with one attached hydrogen (secondary N) is 2. The molecule has 170 valence electrons. The number of aryl methyl sites for hydroxylation is 2. The third-order valence-corrected chi connectivity index (χ3v) is 5.17. The van der Waals surface area contributed by atoms with Crippen molar-refractivity contribution < 1.29 is 9.53 Å². The van der Waals surface area contributed by atoms with Crippen molar-refractivity contribution in [3.63, 3.8) is 0 Å². The van der Waals surface area contributed by atoms with E-state index in [1.807, 2.05) is 29.7 Å². The fourth-order valence-electron chi connectivity index (χ4n) is 3.65. The number of fused-ring (bicyclic) bond motifs is 1. The standard InChI is InChI=1S/C23H25N7O3/c1-5-19(31)25-16-9-7-8-15(10-16)11-30-13-17(26-18-12-28(3)27-22(18)33-4)20-21(23(30)32)29(6-2)14-24-20/h5,7-10,12-14,26H,1,6,11H2,2-4H3,(H,25,31). The summed E-state index contributed by atoms with van der Waals surface area (Å²) in [5, 5.41) is 10.3. The van der Waals surface area contributed by atoms with Crippen molar-refractivity contribution in [1.29, 1.82) is 0 Å². The number of carbonyl (C=O) groups is 1. The highest BCUT2D eigenvalue weighted by molar-refractivity contribution is 5.98. The first kappa shape index (κ1) is 21.9.